The second-order valence-electron chi connectivity index (χ2n) is 8.89. The van der Waals surface area contributed by atoms with Crippen molar-refractivity contribution in [2.75, 3.05) is 10.3 Å². The molecule has 3 rings (SSSR count). The highest BCUT2D eigenvalue weighted by molar-refractivity contribution is 5.56. The molecular weight excluding hydrogens is 441 g/mol. The van der Waals surface area contributed by atoms with E-state index >= 15 is 0 Å². The predicted molar refractivity (Wildman–Crippen MR) is 129 cm³/mol. The van der Waals surface area contributed by atoms with Crippen LogP contribution in [-0.4, -0.2) is 27.7 Å². The van der Waals surface area contributed by atoms with E-state index in [0.29, 0.717) is 18.3 Å². The first kappa shape index (κ1) is 27.4. The van der Waals surface area contributed by atoms with Crippen molar-refractivity contribution in [2.24, 2.45) is 0 Å². The Bertz CT molecular complexity index is 962. The van der Waals surface area contributed by atoms with Gasteiger partial charge in [0.2, 0.25) is 0 Å². The van der Waals surface area contributed by atoms with Gasteiger partial charge in [-0.3, -0.25) is 9.97 Å². The minimum Gasteiger partial charge on any atom is -0.361 e. The second kappa shape index (κ2) is 11.5. The number of nitrogens with one attached hydrogen (secondary N) is 2. The van der Waals surface area contributed by atoms with E-state index < -0.39 is 11.7 Å². The summed E-state index contributed by atoms with van der Waals surface area (Å²) in [4.78, 5) is 11.2. The fourth-order valence-electron chi connectivity index (χ4n) is 3.36. The number of alkyl halides is 3. The van der Waals surface area contributed by atoms with E-state index in [2.05, 4.69) is 37.9 Å². The van der Waals surface area contributed by atoms with Crippen LogP contribution in [0.1, 0.15) is 76.8 Å². The first-order chi connectivity index (χ1) is 16.0. The maximum Gasteiger partial charge on any atom is 0.407 e. The van der Waals surface area contributed by atoms with Crippen LogP contribution in [0, 0.1) is 18.3 Å². The molecule has 1 aliphatic rings. The highest BCUT2D eigenvalue weighted by Crippen LogP contribution is 2.35. The maximum absolute atomic E-state index is 13.0. The van der Waals surface area contributed by atoms with Gasteiger partial charge in [-0.05, 0) is 70.7 Å². The Morgan fingerprint density at radius 1 is 1.18 bits per heavy atom. The number of aromatic nitrogens is 2. The molecule has 0 saturated heterocycles. The van der Waals surface area contributed by atoms with E-state index in [4.69, 9.17) is 0 Å². The van der Waals surface area contributed by atoms with Gasteiger partial charge < -0.3 is 10.3 Å². The van der Waals surface area contributed by atoms with Gasteiger partial charge in [-0.1, -0.05) is 13.8 Å². The van der Waals surface area contributed by atoms with Crippen LogP contribution in [0.5, 0.6) is 0 Å². The molecule has 186 valence electrons. The monoisotopic (exact) mass is 476 g/mol. The van der Waals surface area contributed by atoms with E-state index in [1.54, 1.807) is 18.3 Å². The van der Waals surface area contributed by atoms with Crippen molar-refractivity contribution in [3.8, 4) is 6.07 Å². The number of aryl methyl sites for hydroxylation is 1. The maximum atomic E-state index is 13.0. The lowest BCUT2D eigenvalue weighted by Gasteiger charge is -2.40. The van der Waals surface area contributed by atoms with Crippen LogP contribution in [0.15, 0.2) is 30.6 Å². The van der Waals surface area contributed by atoms with Crippen molar-refractivity contribution in [1.82, 2.24) is 15.4 Å². The molecule has 0 bridgehead atoms. The van der Waals surface area contributed by atoms with Crippen molar-refractivity contribution >= 4 is 11.4 Å². The number of pyridine rings is 2. The third-order valence-corrected chi connectivity index (χ3v) is 5.85. The first-order valence-corrected chi connectivity index (χ1v) is 11.7. The summed E-state index contributed by atoms with van der Waals surface area (Å²) in [5.74, 6) is -0.337. The molecule has 0 amide bonds. The fourth-order valence-corrected chi connectivity index (χ4v) is 3.36. The van der Waals surface area contributed by atoms with Gasteiger partial charge >= 0.3 is 6.18 Å². The molecule has 1 saturated carbocycles. The van der Waals surface area contributed by atoms with Crippen LogP contribution in [0.25, 0.3) is 0 Å². The number of hydrazine groups is 1. The Kier molecular flexibility index (Phi) is 9.28. The molecule has 2 aromatic heterocycles. The number of hydrogen-bond donors (Lipinski definition) is 2. The largest absolute Gasteiger partial charge is 0.407 e. The van der Waals surface area contributed by atoms with Gasteiger partial charge in [-0.25, -0.2) is 5.43 Å². The molecule has 1 fully saturated rings. The third kappa shape index (κ3) is 6.60. The Balaban J connectivity index is 0.00000199. The van der Waals surface area contributed by atoms with Crippen molar-refractivity contribution in [3.05, 3.63) is 47.5 Å². The van der Waals surface area contributed by atoms with Crippen LogP contribution < -0.4 is 15.8 Å². The number of hydrogen-bond acceptors (Lipinski definition) is 6. The highest BCUT2D eigenvalue weighted by Gasteiger charge is 2.47. The van der Waals surface area contributed by atoms with Gasteiger partial charge in [-0.2, -0.15) is 18.4 Å². The van der Waals surface area contributed by atoms with Crippen molar-refractivity contribution in [1.29, 1.82) is 5.26 Å². The van der Waals surface area contributed by atoms with Crippen molar-refractivity contribution < 1.29 is 13.2 Å². The lowest BCUT2D eigenvalue weighted by atomic mass is 9.90. The number of halogens is 3. The van der Waals surface area contributed by atoms with Crippen LogP contribution in [0.4, 0.5) is 24.5 Å². The fraction of sp³-hybridized carbons (Fsp3) is 0.560. The van der Waals surface area contributed by atoms with Gasteiger partial charge in [0.15, 0.2) is 0 Å². The molecular formula is C25H35F3N6. The van der Waals surface area contributed by atoms with Crippen LogP contribution in [-0.2, 0) is 6.54 Å². The highest BCUT2D eigenvalue weighted by atomic mass is 19.4. The van der Waals surface area contributed by atoms with E-state index in [9.17, 15) is 18.4 Å². The molecule has 9 heteroatoms. The van der Waals surface area contributed by atoms with Crippen LogP contribution >= 0.6 is 0 Å². The summed E-state index contributed by atoms with van der Waals surface area (Å²) in [6.07, 6.45) is 2.17. The molecule has 1 aliphatic carbocycles. The van der Waals surface area contributed by atoms with Gasteiger partial charge in [0.25, 0.3) is 0 Å². The molecule has 2 heterocycles. The minimum atomic E-state index is -4.39. The summed E-state index contributed by atoms with van der Waals surface area (Å²) in [6, 6.07) is 8.19. The van der Waals surface area contributed by atoms with Gasteiger partial charge in [0.05, 0.1) is 47.5 Å². The molecule has 1 atom stereocenters. The predicted octanol–water partition coefficient (Wildman–Crippen LogP) is 6.25. The Hall–Kier alpha value is -2.86. The zero-order valence-corrected chi connectivity index (χ0v) is 20.8. The molecule has 0 spiro atoms. The van der Waals surface area contributed by atoms with E-state index in [-0.39, 0.29) is 5.92 Å². The Morgan fingerprint density at radius 2 is 1.85 bits per heavy atom. The molecule has 6 nitrogen and oxygen atoms in total. The molecule has 0 radical (unpaired) electrons. The average Bonchev–Trinajstić information content (AvgIpc) is 2.77. The summed E-state index contributed by atoms with van der Waals surface area (Å²) in [7, 11) is 0. The normalized spacial score (nSPS) is 14.8. The van der Waals surface area contributed by atoms with Gasteiger partial charge in [0.1, 0.15) is 5.54 Å². The molecule has 34 heavy (non-hydrogen) atoms. The van der Waals surface area contributed by atoms with Gasteiger partial charge in [-0.15, -0.1) is 0 Å². The zero-order valence-electron chi connectivity index (χ0n) is 20.8. The Morgan fingerprint density at radius 3 is 2.35 bits per heavy atom. The van der Waals surface area contributed by atoms with Crippen molar-refractivity contribution in [3.63, 3.8) is 0 Å². The quantitative estimate of drug-likeness (QED) is 0.438. The number of nitrogens with zero attached hydrogens (tertiary/aromatic N) is 4. The SMILES string of the molecule is CC.Cc1cnc(C(C)C#N)c(N(Cc2ccc(NNC(C)(C)C(F)(F)F)cn2)C2CCC2)c1. The van der Waals surface area contributed by atoms with Gasteiger partial charge in [0, 0.05) is 12.2 Å². The smallest absolute Gasteiger partial charge is 0.361 e. The number of anilines is 2. The first-order valence-electron chi connectivity index (χ1n) is 11.7. The lowest BCUT2D eigenvalue weighted by Crippen LogP contribution is -2.54. The molecule has 2 N–H and O–H groups in total. The number of nitriles is 1. The van der Waals surface area contributed by atoms with Crippen LogP contribution in [0.2, 0.25) is 0 Å². The third-order valence-electron chi connectivity index (χ3n) is 5.85. The molecule has 0 aromatic carbocycles. The zero-order chi connectivity index (χ0) is 25.5. The van der Waals surface area contributed by atoms with Crippen molar-refractivity contribution in [2.45, 2.75) is 91.0 Å². The minimum absolute atomic E-state index is 0.337. The summed E-state index contributed by atoms with van der Waals surface area (Å²) in [6.45, 7) is 10.5. The summed E-state index contributed by atoms with van der Waals surface area (Å²) < 4.78 is 39.0. The second-order valence-corrected chi connectivity index (χ2v) is 8.89. The summed E-state index contributed by atoms with van der Waals surface area (Å²) in [5.41, 5.74) is 6.76. The van der Waals surface area contributed by atoms with E-state index in [1.807, 2.05) is 27.7 Å². The summed E-state index contributed by atoms with van der Waals surface area (Å²) >= 11 is 0. The average molecular weight is 477 g/mol. The number of rotatable bonds is 8. The lowest BCUT2D eigenvalue weighted by molar-refractivity contribution is -0.184. The molecule has 0 aliphatic heterocycles. The van der Waals surface area contributed by atoms with Crippen LogP contribution in [0.3, 0.4) is 0 Å². The molecule has 1 unspecified atom stereocenters. The molecule has 2 aromatic rings. The Labute approximate surface area is 200 Å². The summed E-state index contributed by atoms with van der Waals surface area (Å²) in [5, 5.41) is 9.45. The standard InChI is InChI=1S/C23H29F3N6.C2H6/c1-15-10-20(21(29-12-15)16(2)11-27)32(19-6-5-7-19)14-18-9-8-17(13-28-18)30-31-22(3,4)23(24,25)26;1-2/h8-10,12-13,16,19,30-31H,5-7,14H2,1-4H3;1-2H3. The van der Waals surface area contributed by atoms with E-state index in [0.717, 1.165) is 55.7 Å². The van der Waals surface area contributed by atoms with E-state index in [1.165, 1.54) is 6.20 Å². The topological polar surface area (TPSA) is 76.9 Å².